The fourth-order valence-corrected chi connectivity index (χ4v) is 4.14. The maximum absolute atomic E-state index is 12.5. The molecule has 5 unspecified atom stereocenters. The lowest BCUT2D eigenvalue weighted by atomic mass is 9.83. The number of nitrogens with one attached hydrogen (secondary N) is 1. The second kappa shape index (κ2) is 7.28. The van der Waals surface area contributed by atoms with Crippen LogP contribution in [-0.2, 0) is 9.59 Å². The molecule has 120 valence electrons. The van der Waals surface area contributed by atoms with Gasteiger partial charge in [0.25, 0.3) is 0 Å². The van der Waals surface area contributed by atoms with Crippen molar-refractivity contribution in [1.29, 1.82) is 0 Å². The molecule has 2 aliphatic rings. The summed E-state index contributed by atoms with van der Waals surface area (Å²) in [5, 5.41) is 12.5. The SMILES string of the molecule is CCC1CCCC(NC(=O)C2CC(CC)CC2C(=O)O)C1. The van der Waals surface area contributed by atoms with E-state index in [-0.39, 0.29) is 17.9 Å². The van der Waals surface area contributed by atoms with Crippen LogP contribution in [0.4, 0.5) is 0 Å². The van der Waals surface area contributed by atoms with Crippen molar-refractivity contribution in [3.05, 3.63) is 0 Å². The van der Waals surface area contributed by atoms with Crippen LogP contribution in [0.1, 0.15) is 65.2 Å². The van der Waals surface area contributed by atoms with Gasteiger partial charge in [-0.2, -0.15) is 0 Å². The van der Waals surface area contributed by atoms with E-state index in [2.05, 4.69) is 19.2 Å². The first-order valence-corrected chi connectivity index (χ1v) is 8.58. The van der Waals surface area contributed by atoms with Gasteiger partial charge in [-0.3, -0.25) is 9.59 Å². The number of aliphatic carboxylic acids is 1. The summed E-state index contributed by atoms with van der Waals surface area (Å²) in [6.07, 6.45) is 8.08. The number of hydrogen-bond donors (Lipinski definition) is 2. The van der Waals surface area contributed by atoms with Gasteiger partial charge in [-0.05, 0) is 37.5 Å². The van der Waals surface area contributed by atoms with E-state index < -0.39 is 11.9 Å². The van der Waals surface area contributed by atoms with Gasteiger partial charge in [-0.25, -0.2) is 0 Å². The third-order valence-electron chi connectivity index (χ3n) is 5.60. The van der Waals surface area contributed by atoms with E-state index in [0.29, 0.717) is 18.3 Å². The first-order chi connectivity index (χ1) is 10.0. The summed E-state index contributed by atoms with van der Waals surface area (Å²) in [7, 11) is 0. The van der Waals surface area contributed by atoms with Crippen LogP contribution >= 0.6 is 0 Å². The molecule has 2 saturated carbocycles. The van der Waals surface area contributed by atoms with Gasteiger partial charge >= 0.3 is 5.97 Å². The number of rotatable bonds is 5. The Labute approximate surface area is 127 Å². The molecule has 5 atom stereocenters. The van der Waals surface area contributed by atoms with Gasteiger partial charge in [-0.15, -0.1) is 0 Å². The van der Waals surface area contributed by atoms with Gasteiger partial charge in [0, 0.05) is 6.04 Å². The van der Waals surface area contributed by atoms with Crippen LogP contribution in [0, 0.1) is 23.7 Å². The van der Waals surface area contributed by atoms with Gasteiger partial charge in [0.05, 0.1) is 11.8 Å². The lowest BCUT2D eigenvalue weighted by molar-refractivity contribution is -0.146. The Kier molecular flexibility index (Phi) is 5.65. The van der Waals surface area contributed by atoms with Gasteiger partial charge in [-0.1, -0.05) is 39.5 Å². The van der Waals surface area contributed by atoms with Crippen molar-refractivity contribution in [1.82, 2.24) is 5.32 Å². The molecule has 21 heavy (non-hydrogen) atoms. The number of carboxylic acid groups (broad SMARTS) is 1. The summed E-state index contributed by atoms with van der Waals surface area (Å²) >= 11 is 0. The summed E-state index contributed by atoms with van der Waals surface area (Å²) in [5.74, 6) is -0.529. The molecule has 2 fully saturated rings. The van der Waals surface area contributed by atoms with Gasteiger partial charge < -0.3 is 10.4 Å². The zero-order valence-corrected chi connectivity index (χ0v) is 13.3. The summed E-state index contributed by atoms with van der Waals surface area (Å²) in [4.78, 5) is 23.9. The highest BCUT2D eigenvalue weighted by Crippen LogP contribution is 2.39. The Morgan fingerprint density at radius 1 is 1.00 bits per heavy atom. The minimum Gasteiger partial charge on any atom is -0.481 e. The topological polar surface area (TPSA) is 66.4 Å². The first kappa shape index (κ1) is 16.3. The van der Waals surface area contributed by atoms with Crippen molar-refractivity contribution in [2.75, 3.05) is 0 Å². The van der Waals surface area contributed by atoms with Crippen LogP contribution < -0.4 is 5.32 Å². The molecule has 0 saturated heterocycles. The molecule has 4 nitrogen and oxygen atoms in total. The highest BCUT2D eigenvalue weighted by molar-refractivity contribution is 5.85. The Bertz CT molecular complexity index is 382. The van der Waals surface area contributed by atoms with Crippen molar-refractivity contribution >= 4 is 11.9 Å². The van der Waals surface area contributed by atoms with E-state index in [4.69, 9.17) is 0 Å². The summed E-state index contributed by atoms with van der Waals surface area (Å²) in [6.45, 7) is 4.29. The van der Waals surface area contributed by atoms with Crippen LogP contribution in [0.3, 0.4) is 0 Å². The van der Waals surface area contributed by atoms with E-state index in [1.807, 2.05) is 0 Å². The van der Waals surface area contributed by atoms with Crippen molar-refractivity contribution in [3.63, 3.8) is 0 Å². The third kappa shape index (κ3) is 3.98. The Morgan fingerprint density at radius 2 is 1.67 bits per heavy atom. The maximum Gasteiger partial charge on any atom is 0.307 e. The number of carbonyl (C=O) groups excluding carboxylic acids is 1. The summed E-state index contributed by atoms with van der Waals surface area (Å²) in [6, 6.07) is 0.256. The van der Waals surface area contributed by atoms with E-state index in [0.717, 1.165) is 25.7 Å². The number of hydrogen-bond acceptors (Lipinski definition) is 2. The lowest BCUT2D eigenvalue weighted by Crippen LogP contribution is -2.43. The molecule has 2 rings (SSSR count). The Hall–Kier alpha value is -1.06. The molecule has 0 aliphatic heterocycles. The average Bonchev–Trinajstić information content (AvgIpc) is 2.92. The molecule has 0 spiro atoms. The summed E-state index contributed by atoms with van der Waals surface area (Å²) < 4.78 is 0. The molecule has 0 bridgehead atoms. The molecule has 2 N–H and O–H groups in total. The molecule has 0 radical (unpaired) electrons. The largest absolute Gasteiger partial charge is 0.481 e. The maximum atomic E-state index is 12.5. The predicted octanol–water partition coefficient (Wildman–Crippen LogP) is 3.21. The minimum absolute atomic E-state index is 0.0138. The van der Waals surface area contributed by atoms with Gasteiger partial charge in [0.15, 0.2) is 0 Å². The van der Waals surface area contributed by atoms with E-state index in [9.17, 15) is 14.7 Å². The second-order valence-corrected chi connectivity index (χ2v) is 6.94. The van der Waals surface area contributed by atoms with Gasteiger partial charge in [0.2, 0.25) is 5.91 Å². The predicted molar refractivity (Wildman–Crippen MR) is 81.8 cm³/mol. The highest BCUT2D eigenvalue weighted by atomic mass is 16.4. The van der Waals surface area contributed by atoms with Crippen molar-refractivity contribution in [2.45, 2.75) is 71.3 Å². The van der Waals surface area contributed by atoms with E-state index in [1.165, 1.54) is 19.3 Å². The molecular formula is C17H29NO3. The Balaban J connectivity index is 1.93. The van der Waals surface area contributed by atoms with Gasteiger partial charge in [0.1, 0.15) is 0 Å². The molecule has 0 aromatic rings. The van der Waals surface area contributed by atoms with Crippen LogP contribution in [-0.4, -0.2) is 23.0 Å². The summed E-state index contributed by atoms with van der Waals surface area (Å²) in [5.41, 5.74) is 0. The van der Waals surface area contributed by atoms with Crippen LogP contribution in [0.15, 0.2) is 0 Å². The third-order valence-corrected chi connectivity index (χ3v) is 5.60. The molecule has 0 aromatic heterocycles. The standard InChI is InChI=1S/C17H29NO3/c1-3-11-6-5-7-13(8-11)18-16(19)14-9-12(4-2)10-15(14)17(20)21/h11-15H,3-10H2,1-2H3,(H,18,19)(H,20,21). The number of amides is 1. The van der Waals surface area contributed by atoms with Crippen LogP contribution in [0.2, 0.25) is 0 Å². The minimum atomic E-state index is -0.804. The average molecular weight is 295 g/mol. The van der Waals surface area contributed by atoms with Crippen molar-refractivity contribution in [2.24, 2.45) is 23.7 Å². The quantitative estimate of drug-likeness (QED) is 0.818. The zero-order chi connectivity index (χ0) is 15.4. The fraction of sp³-hybridized carbons (Fsp3) is 0.882. The number of carboxylic acids is 1. The first-order valence-electron chi connectivity index (χ1n) is 8.58. The number of carbonyl (C=O) groups is 2. The van der Waals surface area contributed by atoms with Crippen LogP contribution in [0.5, 0.6) is 0 Å². The fourth-order valence-electron chi connectivity index (χ4n) is 4.14. The molecule has 1 amide bonds. The smallest absolute Gasteiger partial charge is 0.307 e. The molecule has 4 heteroatoms. The second-order valence-electron chi connectivity index (χ2n) is 6.94. The van der Waals surface area contributed by atoms with E-state index >= 15 is 0 Å². The van der Waals surface area contributed by atoms with E-state index in [1.54, 1.807) is 0 Å². The van der Waals surface area contributed by atoms with Crippen LogP contribution in [0.25, 0.3) is 0 Å². The Morgan fingerprint density at radius 3 is 2.29 bits per heavy atom. The highest BCUT2D eigenvalue weighted by Gasteiger charge is 2.42. The molecule has 0 aromatic carbocycles. The van der Waals surface area contributed by atoms with Crippen molar-refractivity contribution < 1.29 is 14.7 Å². The molecular weight excluding hydrogens is 266 g/mol. The van der Waals surface area contributed by atoms with Crippen molar-refractivity contribution in [3.8, 4) is 0 Å². The monoisotopic (exact) mass is 295 g/mol. The molecule has 2 aliphatic carbocycles. The molecule has 0 heterocycles. The normalized spacial score (nSPS) is 36.4. The zero-order valence-electron chi connectivity index (χ0n) is 13.3. The lowest BCUT2D eigenvalue weighted by Gasteiger charge is -2.30.